The van der Waals surface area contributed by atoms with Crippen LogP contribution in [0, 0.1) is 0 Å². The summed E-state index contributed by atoms with van der Waals surface area (Å²) in [5.74, 6) is 0. The molecular formula is C13H19BrN2O. The Labute approximate surface area is 111 Å². The van der Waals surface area contributed by atoms with Crippen LogP contribution in [0.25, 0.3) is 0 Å². The number of nitrogen functional groups attached to an aromatic ring is 1. The quantitative estimate of drug-likeness (QED) is 0.872. The van der Waals surface area contributed by atoms with Crippen molar-refractivity contribution in [3.05, 3.63) is 28.2 Å². The number of rotatable bonds is 3. The molecule has 1 atom stereocenters. The third-order valence-electron chi connectivity index (χ3n) is 3.15. The first-order valence-corrected chi connectivity index (χ1v) is 6.86. The second kappa shape index (κ2) is 5.85. The summed E-state index contributed by atoms with van der Waals surface area (Å²) in [6.45, 7) is 6.00. The molecule has 4 heteroatoms. The highest BCUT2D eigenvalue weighted by molar-refractivity contribution is 9.10. The molecule has 17 heavy (non-hydrogen) atoms. The Kier molecular flexibility index (Phi) is 4.42. The summed E-state index contributed by atoms with van der Waals surface area (Å²) in [6, 6.07) is 6.01. The highest BCUT2D eigenvalue weighted by Crippen LogP contribution is 2.22. The van der Waals surface area contributed by atoms with Gasteiger partial charge in [-0.2, -0.15) is 0 Å². The Hall–Kier alpha value is -0.580. The average Bonchev–Trinajstić information content (AvgIpc) is 2.33. The maximum absolute atomic E-state index is 5.74. The molecule has 2 rings (SSSR count). The summed E-state index contributed by atoms with van der Waals surface area (Å²) >= 11 is 3.57. The zero-order valence-electron chi connectivity index (χ0n) is 10.2. The van der Waals surface area contributed by atoms with E-state index in [2.05, 4.69) is 33.8 Å². The highest BCUT2D eigenvalue weighted by atomic mass is 79.9. The molecule has 0 spiro atoms. The largest absolute Gasteiger partial charge is 0.399 e. The van der Waals surface area contributed by atoms with E-state index < -0.39 is 0 Å². The monoisotopic (exact) mass is 298 g/mol. The van der Waals surface area contributed by atoms with Gasteiger partial charge < -0.3 is 10.5 Å². The molecule has 0 aromatic heterocycles. The number of hydrogen-bond donors (Lipinski definition) is 1. The summed E-state index contributed by atoms with van der Waals surface area (Å²) in [7, 11) is 0. The van der Waals surface area contributed by atoms with Crippen LogP contribution in [-0.2, 0) is 11.3 Å². The van der Waals surface area contributed by atoms with Gasteiger partial charge in [0.2, 0.25) is 0 Å². The van der Waals surface area contributed by atoms with Crippen LogP contribution in [0.1, 0.15) is 18.9 Å². The normalized spacial score (nSPS) is 21.6. The second-order valence-electron chi connectivity index (χ2n) is 4.49. The lowest BCUT2D eigenvalue weighted by Gasteiger charge is -2.32. The molecular weight excluding hydrogens is 280 g/mol. The molecule has 1 aliphatic heterocycles. The van der Waals surface area contributed by atoms with Gasteiger partial charge in [-0.1, -0.05) is 28.9 Å². The van der Waals surface area contributed by atoms with Crippen molar-refractivity contribution in [1.82, 2.24) is 4.90 Å². The van der Waals surface area contributed by atoms with Crippen LogP contribution in [0.5, 0.6) is 0 Å². The van der Waals surface area contributed by atoms with E-state index in [9.17, 15) is 0 Å². The van der Waals surface area contributed by atoms with Crippen molar-refractivity contribution >= 4 is 21.6 Å². The zero-order chi connectivity index (χ0) is 12.3. The molecule has 0 radical (unpaired) electrons. The molecule has 0 saturated carbocycles. The summed E-state index contributed by atoms with van der Waals surface area (Å²) in [5, 5.41) is 0. The number of halogens is 1. The van der Waals surface area contributed by atoms with Gasteiger partial charge in [-0.15, -0.1) is 0 Å². The number of ether oxygens (including phenoxy) is 1. The summed E-state index contributed by atoms with van der Waals surface area (Å²) in [5.41, 5.74) is 7.83. The van der Waals surface area contributed by atoms with Crippen LogP contribution in [0.2, 0.25) is 0 Å². The highest BCUT2D eigenvalue weighted by Gasteiger charge is 2.19. The number of anilines is 1. The number of nitrogens with zero attached hydrogens (tertiary/aromatic N) is 1. The van der Waals surface area contributed by atoms with Crippen molar-refractivity contribution in [2.45, 2.75) is 26.0 Å². The number of benzene rings is 1. The van der Waals surface area contributed by atoms with Gasteiger partial charge in [0, 0.05) is 29.8 Å². The minimum atomic E-state index is 0.385. The van der Waals surface area contributed by atoms with E-state index in [-0.39, 0.29) is 0 Å². The third-order valence-corrected chi connectivity index (χ3v) is 3.89. The summed E-state index contributed by atoms with van der Waals surface area (Å²) in [4.78, 5) is 2.44. The zero-order valence-corrected chi connectivity index (χ0v) is 11.7. The van der Waals surface area contributed by atoms with Gasteiger partial charge in [-0.05, 0) is 24.1 Å². The van der Waals surface area contributed by atoms with Crippen molar-refractivity contribution in [1.29, 1.82) is 0 Å². The van der Waals surface area contributed by atoms with E-state index in [1.807, 2.05) is 12.1 Å². The van der Waals surface area contributed by atoms with Crippen molar-refractivity contribution in [2.24, 2.45) is 0 Å². The van der Waals surface area contributed by atoms with Crippen LogP contribution in [0.3, 0.4) is 0 Å². The SMILES string of the molecule is CCC1CN(Cc2ccc(N)cc2Br)CCO1. The van der Waals surface area contributed by atoms with Crippen LogP contribution < -0.4 is 5.73 Å². The Bertz CT molecular complexity index is 384. The van der Waals surface area contributed by atoms with E-state index in [0.29, 0.717) is 6.10 Å². The van der Waals surface area contributed by atoms with E-state index >= 15 is 0 Å². The Morgan fingerprint density at radius 2 is 2.35 bits per heavy atom. The number of hydrogen-bond acceptors (Lipinski definition) is 3. The molecule has 1 fully saturated rings. The lowest BCUT2D eigenvalue weighted by Crippen LogP contribution is -2.41. The Balaban J connectivity index is 2.00. The lowest BCUT2D eigenvalue weighted by molar-refractivity contribution is -0.0325. The first kappa shape index (κ1) is 12.9. The molecule has 1 aromatic carbocycles. The van der Waals surface area contributed by atoms with Gasteiger partial charge in [-0.3, -0.25) is 4.90 Å². The molecule has 94 valence electrons. The van der Waals surface area contributed by atoms with Crippen LogP contribution >= 0.6 is 15.9 Å². The van der Waals surface area contributed by atoms with Gasteiger partial charge in [-0.25, -0.2) is 0 Å². The van der Waals surface area contributed by atoms with E-state index in [1.165, 1.54) is 5.56 Å². The van der Waals surface area contributed by atoms with Gasteiger partial charge in [0.05, 0.1) is 12.7 Å². The van der Waals surface area contributed by atoms with Crippen molar-refractivity contribution in [3.63, 3.8) is 0 Å². The molecule has 0 aliphatic carbocycles. The molecule has 3 nitrogen and oxygen atoms in total. The second-order valence-corrected chi connectivity index (χ2v) is 5.34. The van der Waals surface area contributed by atoms with Crippen LogP contribution in [-0.4, -0.2) is 30.7 Å². The predicted molar refractivity (Wildman–Crippen MR) is 73.9 cm³/mol. The minimum absolute atomic E-state index is 0.385. The molecule has 2 N–H and O–H groups in total. The summed E-state index contributed by atoms with van der Waals surface area (Å²) in [6.07, 6.45) is 1.47. The molecule has 1 aliphatic rings. The van der Waals surface area contributed by atoms with Gasteiger partial charge >= 0.3 is 0 Å². The average molecular weight is 299 g/mol. The maximum atomic E-state index is 5.74. The van der Waals surface area contributed by atoms with Crippen molar-refractivity contribution in [3.8, 4) is 0 Å². The van der Waals surface area contributed by atoms with E-state index in [1.54, 1.807) is 0 Å². The Morgan fingerprint density at radius 3 is 3.06 bits per heavy atom. The van der Waals surface area contributed by atoms with E-state index in [0.717, 1.165) is 42.8 Å². The fourth-order valence-electron chi connectivity index (χ4n) is 2.10. The lowest BCUT2D eigenvalue weighted by atomic mass is 10.1. The van der Waals surface area contributed by atoms with E-state index in [4.69, 9.17) is 10.5 Å². The molecule has 0 bridgehead atoms. The molecule has 0 amide bonds. The molecule has 1 saturated heterocycles. The molecule has 1 aromatic rings. The molecule has 1 heterocycles. The minimum Gasteiger partial charge on any atom is -0.399 e. The standard InChI is InChI=1S/C13H19BrN2O/c1-2-12-9-16(5-6-17-12)8-10-3-4-11(15)7-13(10)14/h3-4,7,12H,2,5-6,8-9,15H2,1H3. The topological polar surface area (TPSA) is 38.5 Å². The van der Waals surface area contributed by atoms with Crippen LogP contribution in [0.4, 0.5) is 5.69 Å². The van der Waals surface area contributed by atoms with Gasteiger partial charge in [0.1, 0.15) is 0 Å². The smallest absolute Gasteiger partial charge is 0.0700 e. The van der Waals surface area contributed by atoms with Crippen LogP contribution in [0.15, 0.2) is 22.7 Å². The first-order valence-electron chi connectivity index (χ1n) is 6.07. The fourth-order valence-corrected chi connectivity index (χ4v) is 2.63. The maximum Gasteiger partial charge on any atom is 0.0700 e. The fraction of sp³-hybridized carbons (Fsp3) is 0.538. The first-order chi connectivity index (χ1) is 8.19. The van der Waals surface area contributed by atoms with Crippen molar-refractivity contribution in [2.75, 3.05) is 25.4 Å². The third kappa shape index (κ3) is 3.44. The number of morpholine rings is 1. The van der Waals surface area contributed by atoms with Crippen molar-refractivity contribution < 1.29 is 4.74 Å². The Morgan fingerprint density at radius 1 is 1.53 bits per heavy atom. The van der Waals surface area contributed by atoms with Gasteiger partial charge in [0.15, 0.2) is 0 Å². The predicted octanol–water partition coefficient (Wildman–Crippen LogP) is 2.64. The number of nitrogens with two attached hydrogens (primary N) is 1. The van der Waals surface area contributed by atoms with Gasteiger partial charge in [0.25, 0.3) is 0 Å². The summed E-state index contributed by atoms with van der Waals surface area (Å²) < 4.78 is 6.77. The molecule has 1 unspecified atom stereocenters.